The molecule has 0 bridgehead atoms. The number of carbonyl (C=O) groups is 1. The van der Waals surface area contributed by atoms with Crippen LogP contribution in [0.25, 0.3) is 10.2 Å². The fraction of sp³-hybridized carbons (Fsp3) is 0.381. The maximum Gasteiger partial charge on any atom is 0.263 e. The number of aryl methyl sites for hydroxylation is 2. The summed E-state index contributed by atoms with van der Waals surface area (Å²) < 4.78 is 24.4. The molecular weight excluding hydrogens is 468 g/mol. The Balaban J connectivity index is 1.57. The van der Waals surface area contributed by atoms with Crippen LogP contribution in [-0.4, -0.2) is 29.1 Å². The van der Waals surface area contributed by atoms with Crippen LogP contribution in [0, 0.1) is 0 Å². The van der Waals surface area contributed by atoms with Gasteiger partial charge in [0.15, 0.2) is 5.16 Å². The van der Waals surface area contributed by atoms with E-state index in [2.05, 4.69) is 5.32 Å². The van der Waals surface area contributed by atoms with E-state index < -0.39 is 15.3 Å². The Morgan fingerprint density at radius 1 is 1.31 bits per heavy atom. The molecule has 1 aliphatic rings. The SMILES string of the molecule is CCCn1c(SC(C)C(=O)Nc2ccc(S(N)(=O)=O)cc2)nc2sc3c(c2c1=O)CCC3. The largest absolute Gasteiger partial charge is 0.325 e. The fourth-order valence-corrected chi connectivity index (χ4v) is 6.51. The van der Waals surface area contributed by atoms with Crippen molar-refractivity contribution < 1.29 is 13.2 Å². The number of sulfonamides is 1. The Kier molecular flexibility index (Phi) is 6.44. The first-order chi connectivity index (χ1) is 15.2. The number of fused-ring (bicyclic) bond motifs is 3. The molecule has 1 amide bonds. The molecule has 1 atom stereocenters. The van der Waals surface area contributed by atoms with Crippen LogP contribution in [0.3, 0.4) is 0 Å². The molecule has 0 spiro atoms. The fourth-order valence-electron chi connectivity index (χ4n) is 3.75. The highest BCUT2D eigenvalue weighted by Crippen LogP contribution is 2.36. The molecule has 1 aliphatic carbocycles. The van der Waals surface area contributed by atoms with Crippen LogP contribution in [0.15, 0.2) is 39.1 Å². The lowest BCUT2D eigenvalue weighted by Gasteiger charge is -2.15. The lowest BCUT2D eigenvalue weighted by Crippen LogP contribution is -2.27. The van der Waals surface area contributed by atoms with E-state index in [1.807, 2.05) is 6.92 Å². The summed E-state index contributed by atoms with van der Waals surface area (Å²) in [5.74, 6) is -0.274. The summed E-state index contributed by atoms with van der Waals surface area (Å²) in [6, 6.07) is 5.65. The summed E-state index contributed by atoms with van der Waals surface area (Å²) in [6.07, 6.45) is 3.78. The Morgan fingerprint density at radius 2 is 2.03 bits per heavy atom. The average molecular weight is 493 g/mol. The number of rotatable bonds is 7. The van der Waals surface area contributed by atoms with Gasteiger partial charge in [-0.3, -0.25) is 14.2 Å². The Bertz CT molecular complexity index is 1340. The summed E-state index contributed by atoms with van der Waals surface area (Å²) in [4.78, 5) is 32.8. The molecule has 1 aromatic carbocycles. The van der Waals surface area contributed by atoms with Crippen molar-refractivity contribution in [2.75, 3.05) is 5.32 Å². The number of nitrogens with two attached hydrogens (primary N) is 1. The van der Waals surface area contributed by atoms with Gasteiger partial charge in [0.25, 0.3) is 5.56 Å². The van der Waals surface area contributed by atoms with Gasteiger partial charge < -0.3 is 5.32 Å². The maximum atomic E-state index is 13.3. The Morgan fingerprint density at radius 3 is 2.69 bits per heavy atom. The molecule has 8 nitrogen and oxygen atoms in total. The third-order valence-corrected chi connectivity index (χ3v) is 8.54. The van der Waals surface area contributed by atoms with Crippen molar-refractivity contribution in [3.63, 3.8) is 0 Å². The van der Waals surface area contributed by atoms with Gasteiger partial charge in [0.2, 0.25) is 15.9 Å². The first kappa shape index (κ1) is 23.0. The van der Waals surface area contributed by atoms with Gasteiger partial charge in [0.05, 0.1) is 15.5 Å². The zero-order chi connectivity index (χ0) is 23.0. The summed E-state index contributed by atoms with van der Waals surface area (Å²) in [5.41, 5.74) is 1.58. The molecule has 0 radical (unpaired) electrons. The average Bonchev–Trinajstić information content (AvgIpc) is 3.31. The van der Waals surface area contributed by atoms with E-state index in [-0.39, 0.29) is 16.4 Å². The second-order valence-corrected chi connectivity index (χ2v) is 11.7. The second kappa shape index (κ2) is 8.97. The van der Waals surface area contributed by atoms with E-state index in [1.165, 1.54) is 40.9 Å². The number of thiophene rings is 1. The number of nitrogens with zero attached hydrogens (tertiary/aromatic N) is 2. The molecule has 170 valence electrons. The molecule has 0 saturated carbocycles. The topological polar surface area (TPSA) is 124 Å². The summed E-state index contributed by atoms with van der Waals surface area (Å²) >= 11 is 2.83. The molecule has 32 heavy (non-hydrogen) atoms. The molecule has 11 heteroatoms. The quantitative estimate of drug-likeness (QED) is 0.386. The lowest BCUT2D eigenvalue weighted by atomic mass is 10.2. The summed E-state index contributed by atoms with van der Waals surface area (Å²) in [6.45, 7) is 4.29. The van der Waals surface area contributed by atoms with Gasteiger partial charge in [-0.25, -0.2) is 18.5 Å². The molecule has 4 rings (SSSR count). The van der Waals surface area contributed by atoms with Crippen LogP contribution in [0.1, 0.15) is 37.1 Å². The lowest BCUT2D eigenvalue weighted by molar-refractivity contribution is -0.115. The van der Waals surface area contributed by atoms with Crippen LogP contribution in [0.5, 0.6) is 0 Å². The molecule has 2 heterocycles. The standard InChI is InChI=1S/C21H24N4O4S3/c1-3-11-25-20(27)17-15-5-4-6-16(15)31-19(17)24-21(25)30-12(2)18(26)23-13-7-9-14(10-8-13)32(22,28)29/h7-10,12H,3-6,11H2,1-2H3,(H,23,26)(H2,22,28,29). The van der Waals surface area contributed by atoms with E-state index in [9.17, 15) is 18.0 Å². The van der Waals surface area contributed by atoms with Crippen LogP contribution >= 0.6 is 23.1 Å². The second-order valence-electron chi connectivity index (χ2n) is 7.71. The first-order valence-electron chi connectivity index (χ1n) is 10.3. The molecule has 2 aromatic heterocycles. The minimum Gasteiger partial charge on any atom is -0.325 e. The van der Waals surface area contributed by atoms with Gasteiger partial charge in [0, 0.05) is 17.1 Å². The van der Waals surface area contributed by atoms with Gasteiger partial charge >= 0.3 is 0 Å². The van der Waals surface area contributed by atoms with Crippen molar-refractivity contribution in [2.24, 2.45) is 5.14 Å². The van der Waals surface area contributed by atoms with Crippen molar-refractivity contribution in [1.82, 2.24) is 9.55 Å². The van der Waals surface area contributed by atoms with E-state index in [0.717, 1.165) is 41.5 Å². The maximum absolute atomic E-state index is 13.3. The van der Waals surface area contributed by atoms with Crippen LogP contribution in [0.4, 0.5) is 5.69 Å². The van der Waals surface area contributed by atoms with Crippen molar-refractivity contribution in [1.29, 1.82) is 0 Å². The number of carbonyl (C=O) groups excluding carboxylic acids is 1. The van der Waals surface area contributed by atoms with E-state index in [1.54, 1.807) is 22.8 Å². The minimum atomic E-state index is -3.79. The van der Waals surface area contributed by atoms with Gasteiger partial charge in [-0.15, -0.1) is 11.3 Å². The number of amides is 1. The summed E-state index contributed by atoms with van der Waals surface area (Å²) in [5, 5.41) is 8.63. The van der Waals surface area contributed by atoms with Crippen molar-refractivity contribution in [3.05, 3.63) is 45.1 Å². The van der Waals surface area contributed by atoms with Crippen LogP contribution in [-0.2, 0) is 34.2 Å². The van der Waals surface area contributed by atoms with E-state index >= 15 is 0 Å². The highest BCUT2D eigenvalue weighted by atomic mass is 32.2. The predicted octanol–water partition coefficient (Wildman–Crippen LogP) is 3.12. The smallest absolute Gasteiger partial charge is 0.263 e. The van der Waals surface area contributed by atoms with E-state index in [0.29, 0.717) is 17.4 Å². The van der Waals surface area contributed by atoms with Crippen molar-refractivity contribution in [3.8, 4) is 0 Å². The molecule has 0 saturated heterocycles. The van der Waals surface area contributed by atoms with Crippen LogP contribution in [0.2, 0.25) is 0 Å². The normalized spacial score (nSPS) is 14.5. The van der Waals surface area contributed by atoms with E-state index in [4.69, 9.17) is 10.1 Å². The number of nitrogens with one attached hydrogen (secondary N) is 1. The molecule has 0 fully saturated rings. The Hall–Kier alpha value is -2.21. The number of benzene rings is 1. The zero-order valence-electron chi connectivity index (χ0n) is 17.8. The van der Waals surface area contributed by atoms with Crippen molar-refractivity contribution >= 4 is 54.9 Å². The van der Waals surface area contributed by atoms with Gasteiger partial charge in [-0.1, -0.05) is 18.7 Å². The van der Waals surface area contributed by atoms with Gasteiger partial charge in [0.1, 0.15) is 4.83 Å². The molecule has 0 aliphatic heterocycles. The predicted molar refractivity (Wildman–Crippen MR) is 128 cm³/mol. The van der Waals surface area contributed by atoms with Gasteiger partial charge in [-0.2, -0.15) is 0 Å². The zero-order valence-corrected chi connectivity index (χ0v) is 20.2. The van der Waals surface area contributed by atoms with Crippen molar-refractivity contribution in [2.45, 2.75) is 61.4 Å². The summed E-state index contributed by atoms with van der Waals surface area (Å²) in [7, 11) is -3.79. The highest BCUT2D eigenvalue weighted by molar-refractivity contribution is 8.00. The highest BCUT2D eigenvalue weighted by Gasteiger charge is 2.25. The Labute approximate surface area is 194 Å². The van der Waals surface area contributed by atoms with Gasteiger partial charge in [-0.05, 0) is 62.4 Å². The molecule has 3 aromatic rings. The number of thioether (sulfide) groups is 1. The molecule has 1 unspecified atom stereocenters. The number of anilines is 1. The number of primary sulfonamides is 1. The molecule has 3 N–H and O–H groups in total. The third kappa shape index (κ3) is 4.47. The third-order valence-electron chi connectivity index (χ3n) is 5.34. The first-order valence-corrected chi connectivity index (χ1v) is 13.6. The monoisotopic (exact) mass is 492 g/mol. The number of hydrogen-bond acceptors (Lipinski definition) is 7. The minimum absolute atomic E-state index is 0.0232. The number of aromatic nitrogens is 2. The molecular formula is C21H24N4O4S3. The van der Waals surface area contributed by atoms with Crippen LogP contribution < -0.4 is 16.0 Å². The number of hydrogen-bond donors (Lipinski definition) is 2.